The quantitative estimate of drug-likeness (QED) is 0.334. The van der Waals surface area contributed by atoms with Crippen LogP contribution in [-0.4, -0.2) is 104 Å². The summed E-state index contributed by atoms with van der Waals surface area (Å²) in [7, 11) is 9.35. The molecule has 2 atom stereocenters. The number of carbonyl (C=O) groups is 6. The van der Waals surface area contributed by atoms with Crippen LogP contribution in [0.3, 0.4) is 0 Å². The van der Waals surface area contributed by atoms with Crippen molar-refractivity contribution in [3.05, 3.63) is 0 Å². The van der Waals surface area contributed by atoms with E-state index in [4.69, 9.17) is 4.74 Å². The van der Waals surface area contributed by atoms with E-state index < -0.39 is 24.1 Å². The van der Waals surface area contributed by atoms with Crippen LogP contribution in [0, 0.1) is 0 Å². The van der Waals surface area contributed by atoms with Crippen molar-refractivity contribution in [2.24, 2.45) is 0 Å². The molecule has 0 bridgehead atoms. The van der Waals surface area contributed by atoms with Gasteiger partial charge in [-0.25, -0.2) is 14.4 Å². The van der Waals surface area contributed by atoms with Crippen LogP contribution < -0.4 is 0 Å². The first kappa shape index (κ1) is 42.9. The second kappa shape index (κ2) is 31.7. The Kier molecular flexibility index (Phi) is 37.8. The van der Waals surface area contributed by atoms with Crippen molar-refractivity contribution in [1.82, 2.24) is 0 Å². The SMILES string of the molecule is CCC(=O)OC.COC(=O)C(C)OC(C)C(=O)OC.COC(C)=O.COC(C)=O.COCC(=O)OC. The Hall–Kier alpha value is -3.26. The van der Waals surface area contributed by atoms with Gasteiger partial charge in [0.15, 0.2) is 12.2 Å². The number of carbonyl (C=O) groups excluding carboxylic acids is 6. The van der Waals surface area contributed by atoms with Gasteiger partial charge >= 0.3 is 35.8 Å². The third-order valence-electron chi connectivity index (χ3n) is 3.06. The van der Waals surface area contributed by atoms with Crippen molar-refractivity contribution < 1.29 is 66.7 Å². The van der Waals surface area contributed by atoms with Gasteiger partial charge in [0.1, 0.15) is 6.61 Å². The minimum Gasteiger partial charge on any atom is -0.469 e. The van der Waals surface area contributed by atoms with Crippen LogP contribution in [0.25, 0.3) is 0 Å². The van der Waals surface area contributed by atoms with Crippen molar-refractivity contribution in [3.63, 3.8) is 0 Å². The summed E-state index contributed by atoms with van der Waals surface area (Å²) in [5, 5.41) is 0. The smallest absolute Gasteiger partial charge is 0.334 e. The minimum absolute atomic E-state index is 0.0382. The van der Waals surface area contributed by atoms with Crippen LogP contribution in [0.5, 0.6) is 0 Å². The molecule has 0 aromatic carbocycles. The summed E-state index contributed by atoms with van der Waals surface area (Å²) in [5.74, 6) is -2.03. The van der Waals surface area contributed by atoms with E-state index >= 15 is 0 Å². The molecule has 0 rings (SSSR count). The molecule has 0 aromatic heterocycles. The third-order valence-corrected chi connectivity index (χ3v) is 3.06. The highest BCUT2D eigenvalue weighted by Gasteiger charge is 2.21. The zero-order valence-electron chi connectivity index (χ0n) is 23.3. The van der Waals surface area contributed by atoms with Crippen LogP contribution in [0.15, 0.2) is 0 Å². The van der Waals surface area contributed by atoms with E-state index in [1.54, 1.807) is 6.92 Å². The lowest BCUT2D eigenvalue weighted by Gasteiger charge is -2.15. The molecule has 0 saturated carbocycles. The van der Waals surface area contributed by atoms with Crippen LogP contribution in [0.1, 0.15) is 41.0 Å². The number of ether oxygens (including phenoxy) is 8. The molecule has 0 radical (unpaired) electrons. The van der Waals surface area contributed by atoms with Gasteiger partial charge in [-0.1, -0.05) is 6.92 Å². The van der Waals surface area contributed by atoms with E-state index in [-0.39, 0.29) is 30.5 Å². The maximum absolute atomic E-state index is 10.9. The van der Waals surface area contributed by atoms with E-state index in [1.165, 1.54) is 77.5 Å². The summed E-state index contributed by atoms with van der Waals surface area (Å²) in [6, 6.07) is 0. The largest absolute Gasteiger partial charge is 0.469 e. The van der Waals surface area contributed by atoms with Gasteiger partial charge in [-0.05, 0) is 13.8 Å². The number of esters is 6. The lowest BCUT2D eigenvalue weighted by atomic mass is 10.3. The van der Waals surface area contributed by atoms with Crippen LogP contribution in [0.2, 0.25) is 0 Å². The lowest BCUT2D eigenvalue weighted by Crippen LogP contribution is -2.31. The summed E-state index contributed by atoms with van der Waals surface area (Å²) >= 11 is 0. The van der Waals surface area contributed by atoms with Gasteiger partial charge in [0, 0.05) is 27.4 Å². The highest BCUT2D eigenvalue weighted by atomic mass is 16.6. The summed E-state index contributed by atoms with van der Waals surface area (Å²) < 4.78 is 35.0. The topological polar surface area (TPSA) is 176 Å². The number of rotatable bonds is 7. The highest BCUT2D eigenvalue weighted by molar-refractivity contribution is 5.77. The van der Waals surface area contributed by atoms with E-state index in [0.29, 0.717) is 6.42 Å². The second-order valence-electron chi connectivity index (χ2n) is 5.80. The molecule has 0 fully saturated rings. The molecule has 0 amide bonds. The number of methoxy groups -OCH3 is 7. The van der Waals surface area contributed by atoms with Crippen LogP contribution in [-0.2, 0) is 66.7 Å². The summed E-state index contributed by atoms with van der Waals surface area (Å²) in [6.07, 6.45) is -1.06. The van der Waals surface area contributed by atoms with Crippen LogP contribution >= 0.6 is 0 Å². The summed E-state index contributed by atoms with van der Waals surface area (Å²) in [5.41, 5.74) is 0. The fraction of sp³-hybridized carbons (Fsp3) is 0.727. The maximum Gasteiger partial charge on any atom is 0.334 e. The molecule has 14 nitrogen and oxygen atoms in total. The average Bonchev–Trinajstić information content (AvgIpc) is 2.88. The van der Waals surface area contributed by atoms with Gasteiger partial charge in [0.2, 0.25) is 0 Å². The Balaban J connectivity index is -0.000000119. The molecule has 0 aromatic rings. The van der Waals surface area contributed by atoms with E-state index in [0.717, 1.165) is 0 Å². The van der Waals surface area contributed by atoms with Gasteiger partial charge in [0.05, 0.1) is 42.7 Å². The van der Waals surface area contributed by atoms with Gasteiger partial charge < -0.3 is 37.9 Å². The summed E-state index contributed by atoms with van der Waals surface area (Å²) in [4.78, 5) is 60.9. The molecule has 0 aliphatic rings. The molecular weight excluding hydrogens is 488 g/mol. The summed E-state index contributed by atoms with van der Waals surface area (Å²) in [6.45, 7) is 7.53. The Morgan fingerprint density at radius 1 is 0.556 bits per heavy atom. The first-order valence-corrected chi connectivity index (χ1v) is 10.2. The molecule has 0 spiro atoms. The Labute approximate surface area is 212 Å². The lowest BCUT2D eigenvalue weighted by molar-refractivity contribution is -0.166. The molecular formula is C22H42O14. The Bertz CT molecular complexity index is 564. The minimum atomic E-state index is -0.765. The van der Waals surface area contributed by atoms with Gasteiger partial charge in [-0.15, -0.1) is 0 Å². The second-order valence-corrected chi connectivity index (χ2v) is 5.80. The molecule has 214 valence electrons. The van der Waals surface area contributed by atoms with Crippen molar-refractivity contribution >= 4 is 35.8 Å². The normalized spacial score (nSPS) is 10.0. The van der Waals surface area contributed by atoms with Gasteiger partial charge in [-0.2, -0.15) is 0 Å². The molecule has 0 N–H and O–H groups in total. The predicted octanol–water partition coefficient (Wildman–Crippen LogP) is 0.860. The maximum atomic E-state index is 10.9. The van der Waals surface area contributed by atoms with Crippen molar-refractivity contribution in [2.45, 2.75) is 53.2 Å². The monoisotopic (exact) mass is 530 g/mol. The first-order chi connectivity index (χ1) is 16.7. The molecule has 0 heterocycles. The Morgan fingerprint density at radius 3 is 0.972 bits per heavy atom. The van der Waals surface area contributed by atoms with Gasteiger partial charge in [0.25, 0.3) is 0 Å². The Morgan fingerprint density at radius 2 is 0.861 bits per heavy atom. The fourth-order valence-electron chi connectivity index (χ4n) is 1.07. The van der Waals surface area contributed by atoms with Crippen molar-refractivity contribution in [1.29, 1.82) is 0 Å². The number of hydrogen-bond acceptors (Lipinski definition) is 14. The standard InChI is InChI=1S/C8H14O5.C4H8O3.C4H8O2.2C3H6O2/c1-5(7(9)11-3)13-6(2)8(10)12-4;1-6-3-4(5)7-2;1-3-4(5)6-2;2*1-3(4)5-2/h5-6H,1-4H3;3H2,1-2H3;3H2,1-2H3;2*1-2H3. The van der Waals surface area contributed by atoms with Crippen molar-refractivity contribution in [2.75, 3.05) is 56.4 Å². The fourth-order valence-corrected chi connectivity index (χ4v) is 1.07. The molecule has 0 saturated heterocycles. The zero-order chi connectivity index (χ0) is 29.7. The van der Waals surface area contributed by atoms with Crippen molar-refractivity contribution in [3.8, 4) is 0 Å². The molecule has 0 aliphatic carbocycles. The molecule has 0 aliphatic heterocycles. The van der Waals surface area contributed by atoms with E-state index in [1.807, 2.05) is 0 Å². The zero-order valence-corrected chi connectivity index (χ0v) is 23.3. The highest BCUT2D eigenvalue weighted by Crippen LogP contribution is 2.01. The average molecular weight is 531 g/mol. The number of hydrogen-bond donors (Lipinski definition) is 0. The third kappa shape index (κ3) is 41.0. The first-order valence-electron chi connectivity index (χ1n) is 10.2. The van der Waals surface area contributed by atoms with Gasteiger partial charge in [-0.3, -0.25) is 14.4 Å². The predicted molar refractivity (Wildman–Crippen MR) is 126 cm³/mol. The molecule has 36 heavy (non-hydrogen) atoms. The van der Waals surface area contributed by atoms with E-state index in [9.17, 15) is 28.8 Å². The van der Waals surface area contributed by atoms with Crippen LogP contribution in [0.4, 0.5) is 0 Å². The molecule has 2 unspecified atom stereocenters. The van der Waals surface area contributed by atoms with E-state index in [2.05, 4.69) is 33.2 Å². The molecule has 14 heteroatoms.